The van der Waals surface area contributed by atoms with Gasteiger partial charge in [0.15, 0.2) is 9.84 Å². The van der Waals surface area contributed by atoms with Gasteiger partial charge in [-0.15, -0.1) is 0 Å². The second-order valence-electron chi connectivity index (χ2n) is 4.62. The molecule has 0 saturated carbocycles. The summed E-state index contributed by atoms with van der Waals surface area (Å²) < 4.78 is 61.3. The molecule has 1 heterocycles. The van der Waals surface area contributed by atoms with Gasteiger partial charge in [0.2, 0.25) is 0 Å². The van der Waals surface area contributed by atoms with E-state index in [0.717, 1.165) is 4.90 Å². The van der Waals surface area contributed by atoms with Crippen LogP contribution in [0.2, 0.25) is 0 Å². The van der Waals surface area contributed by atoms with Gasteiger partial charge in [-0.3, -0.25) is 4.90 Å². The number of benzene rings is 1. The Morgan fingerprint density at radius 3 is 2.42 bits per heavy atom. The number of likely N-dealkylation sites (tertiary alicyclic amines) is 1. The normalized spacial score (nSPS) is 21.7. The smallest absolute Gasteiger partial charge is 0.294 e. The van der Waals surface area contributed by atoms with Gasteiger partial charge in [-0.1, -0.05) is 18.2 Å². The highest BCUT2D eigenvalue weighted by atomic mass is 32.2. The predicted octanol–water partition coefficient (Wildman–Crippen LogP) is 2.10. The molecule has 1 aliphatic rings. The Bertz CT molecular complexity index is 528. The zero-order valence-corrected chi connectivity index (χ0v) is 10.9. The Morgan fingerprint density at radius 2 is 1.84 bits per heavy atom. The van der Waals surface area contributed by atoms with E-state index in [-0.39, 0.29) is 24.4 Å². The van der Waals surface area contributed by atoms with Gasteiger partial charge >= 0.3 is 6.18 Å². The first-order chi connectivity index (χ1) is 8.79. The third-order valence-corrected chi connectivity index (χ3v) is 5.33. The highest BCUT2D eigenvalue weighted by Crippen LogP contribution is 2.26. The fraction of sp³-hybridized carbons (Fsp3) is 0.500. The van der Waals surface area contributed by atoms with Crippen molar-refractivity contribution >= 4 is 9.84 Å². The van der Waals surface area contributed by atoms with Gasteiger partial charge in [0.1, 0.15) is 0 Å². The number of nitrogens with zero attached hydrogens (tertiary/aromatic N) is 1. The van der Waals surface area contributed by atoms with E-state index in [0.29, 0.717) is 0 Å². The highest BCUT2D eigenvalue weighted by Gasteiger charge is 2.39. The van der Waals surface area contributed by atoms with Crippen molar-refractivity contribution in [2.24, 2.45) is 0 Å². The summed E-state index contributed by atoms with van der Waals surface area (Å²) in [6, 6.07) is 7.86. The van der Waals surface area contributed by atoms with Crippen molar-refractivity contribution in [1.29, 1.82) is 0 Å². The zero-order valence-electron chi connectivity index (χ0n) is 10.1. The van der Waals surface area contributed by atoms with E-state index in [1.54, 1.807) is 18.2 Å². The molecule has 1 unspecified atom stereocenters. The Morgan fingerprint density at radius 1 is 1.21 bits per heavy atom. The summed E-state index contributed by atoms with van der Waals surface area (Å²) in [5.74, 6) is 0. The van der Waals surface area contributed by atoms with Crippen LogP contribution in [0.5, 0.6) is 0 Å². The molecule has 1 fully saturated rings. The minimum atomic E-state index is -4.29. The lowest BCUT2D eigenvalue weighted by molar-refractivity contribution is -0.143. The minimum Gasteiger partial charge on any atom is -0.294 e. The van der Waals surface area contributed by atoms with E-state index in [9.17, 15) is 21.6 Å². The first kappa shape index (κ1) is 14.3. The Hall–Kier alpha value is -1.08. The Balaban J connectivity index is 2.09. The van der Waals surface area contributed by atoms with Gasteiger partial charge in [-0.05, 0) is 25.1 Å². The van der Waals surface area contributed by atoms with Crippen LogP contribution in [0.4, 0.5) is 13.2 Å². The summed E-state index contributed by atoms with van der Waals surface area (Å²) in [6.45, 7) is -0.944. The molecular formula is C12H14F3NO2S. The lowest BCUT2D eigenvalue weighted by Gasteiger charge is -2.17. The molecule has 3 nitrogen and oxygen atoms in total. The molecule has 1 aliphatic heterocycles. The predicted molar refractivity (Wildman–Crippen MR) is 64.5 cm³/mol. The van der Waals surface area contributed by atoms with Crippen LogP contribution in [0.1, 0.15) is 6.42 Å². The monoisotopic (exact) mass is 293 g/mol. The first-order valence-electron chi connectivity index (χ1n) is 5.87. The average molecular weight is 293 g/mol. The second-order valence-corrected chi connectivity index (χ2v) is 6.85. The van der Waals surface area contributed by atoms with Gasteiger partial charge in [0.25, 0.3) is 0 Å². The molecule has 1 saturated heterocycles. The summed E-state index contributed by atoms with van der Waals surface area (Å²) in [6.07, 6.45) is -4.04. The van der Waals surface area contributed by atoms with E-state index in [1.807, 2.05) is 0 Å². The quantitative estimate of drug-likeness (QED) is 0.856. The third-order valence-electron chi connectivity index (χ3n) is 3.14. The molecule has 0 amide bonds. The molecule has 0 aromatic heterocycles. The summed E-state index contributed by atoms with van der Waals surface area (Å²) >= 11 is 0. The number of hydrogen-bond acceptors (Lipinski definition) is 3. The number of halogens is 3. The van der Waals surface area contributed by atoms with Crippen LogP contribution in [0, 0.1) is 0 Å². The molecular weight excluding hydrogens is 279 g/mol. The van der Waals surface area contributed by atoms with Crippen molar-refractivity contribution in [2.75, 3.05) is 19.6 Å². The van der Waals surface area contributed by atoms with Crippen molar-refractivity contribution in [3.05, 3.63) is 30.3 Å². The molecule has 0 radical (unpaired) electrons. The summed E-state index contributed by atoms with van der Waals surface area (Å²) in [5.41, 5.74) is 0. The molecule has 0 N–H and O–H groups in total. The Kier molecular flexibility index (Phi) is 3.87. The first-order valence-corrected chi connectivity index (χ1v) is 7.42. The van der Waals surface area contributed by atoms with Crippen LogP contribution in [0.25, 0.3) is 0 Å². The van der Waals surface area contributed by atoms with Gasteiger partial charge in [0, 0.05) is 6.54 Å². The maximum atomic E-state index is 12.3. The average Bonchev–Trinajstić information content (AvgIpc) is 2.77. The zero-order chi connectivity index (χ0) is 14.1. The van der Waals surface area contributed by atoms with Crippen LogP contribution in [-0.4, -0.2) is 44.4 Å². The van der Waals surface area contributed by atoms with Crippen molar-refractivity contribution in [2.45, 2.75) is 22.7 Å². The lowest BCUT2D eigenvalue weighted by atomic mass is 10.4. The maximum Gasteiger partial charge on any atom is 0.401 e. The third kappa shape index (κ3) is 3.48. The van der Waals surface area contributed by atoms with Gasteiger partial charge in [0.05, 0.1) is 16.7 Å². The molecule has 1 aromatic carbocycles. The molecule has 2 rings (SSSR count). The fourth-order valence-electron chi connectivity index (χ4n) is 2.25. The largest absolute Gasteiger partial charge is 0.401 e. The van der Waals surface area contributed by atoms with Crippen molar-refractivity contribution in [1.82, 2.24) is 4.90 Å². The highest BCUT2D eigenvalue weighted by molar-refractivity contribution is 7.92. The summed E-state index contributed by atoms with van der Waals surface area (Å²) in [4.78, 5) is 1.32. The maximum absolute atomic E-state index is 12.3. The van der Waals surface area contributed by atoms with Gasteiger partial charge in [-0.2, -0.15) is 13.2 Å². The number of hydrogen-bond donors (Lipinski definition) is 0. The number of sulfone groups is 1. The molecule has 1 aromatic rings. The van der Waals surface area contributed by atoms with Crippen LogP contribution >= 0.6 is 0 Å². The molecule has 0 aliphatic carbocycles. The van der Waals surface area contributed by atoms with Crippen molar-refractivity contribution in [3.63, 3.8) is 0 Å². The van der Waals surface area contributed by atoms with Crippen molar-refractivity contribution < 1.29 is 21.6 Å². The van der Waals surface area contributed by atoms with Crippen LogP contribution < -0.4 is 0 Å². The van der Waals surface area contributed by atoms with Crippen LogP contribution in [0.15, 0.2) is 35.2 Å². The fourth-order valence-corrected chi connectivity index (χ4v) is 3.99. The van der Waals surface area contributed by atoms with E-state index in [2.05, 4.69) is 0 Å². The molecule has 7 heteroatoms. The van der Waals surface area contributed by atoms with Crippen LogP contribution in [-0.2, 0) is 9.84 Å². The summed E-state index contributed by atoms with van der Waals surface area (Å²) in [5, 5.41) is -0.753. The molecule has 0 spiro atoms. The molecule has 19 heavy (non-hydrogen) atoms. The van der Waals surface area contributed by atoms with E-state index < -0.39 is 27.8 Å². The van der Waals surface area contributed by atoms with Gasteiger partial charge < -0.3 is 0 Å². The number of alkyl halides is 3. The molecule has 106 valence electrons. The SMILES string of the molecule is O=S(=O)(c1ccccc1)C1CCN(CC(F)(F)F)C1. The minimum absolute atomic E-state index is 0.0588. The van der Waals surface area contributed by atoms with Crippen LogP contribution in [0.3, 0.4) is 0 Å². The number of rotatable bonds is 3. The molecule has 1 atom stereocenters. The second kappa shape index (κ2) is 5.13. The molecule has 0 bridgehead atoms. The summed E-state index contributed by atoms with van der Waals surface area (Å²) in [7, 11) is -3.54. The van der Waals surface area contributed by atoms with Crippen molar-refractivity contribution in [3.8, 4) is 0 Å². The standard InChI is InChI=1S/C12H14F3NO2S/c13-12(14,15)9-16-7-6-11(8-16)19(17,18)10-4-2-1-3-5-10/h1-5,11H,6-9H2. The lowest BCUT2D eigenvalue weighted by Crippen LogP contribution is -2.34. The topological polar surface area (TPSA) is 37.4 Å². The van der Waals surface area contributed by atoms with Gasteiger partial charge in [-0.25, -0.2) is 8.42 Å². The van der Waals surface area contributed by atoms with E-state index >= 15 is 0 Å². The van der Waals surface area contributed by atoms with E-state index in [1.165, 1.54) is 12.1 Å². The Labute approximate surface area is 109 Å². The van der Waals surface area contributed by atoms with E-state index in [4.69, 9.17) is 0 Å².